The van der Waals surface area contributed by atoms with Gasteiger partial charge in [0.25, 0.3) is 0 Å². The van der Waals surface area contributed by atoms with E-state index in [1.807, 2.05) is 0 Å². The standard InChI is InChI=1S/C10H21N3O2/c1-9-7-11-3-5-13(9)8-10(14)12-4-6-15-2/h9,11H,3-8H2,1-2H3,(H,12,14)/t9-/m0/s1. The number of carbonyl (C=O) groups excluding carboxylic acids is 1. The Morgan fingerprint density at radius 2 is 2.47 bits per heavy atom. The molecule has 1 amide bonds. The van der Waals surface area contributed by atoms with E-state index in [2.05, 4.69) is 22.5 Å². The summed E-state index contributed by atoms with van der Waals surface area (Å²) in [6.07, 6.45) is 0. The third-order valence-electron chi connectivity index (χ3n) is 2.61. The molecule has 15 heavy (non-hydrogen) atoms. The molecule has 0 aromatic rings. The van der Waals surface area contributed by atoms with E-state index < -0.39 is 0 Å². The van der Waals surface area contributed by atoms with Crippen LogP contribution in [0, 0.1) is 0 Å². The fourth-order valence-corrected chi connectivity index (χ4v) is 1.65. The molecule has 1 saturated heterocycles. The maximum absolute atomic E-state index is 11.5. The SMILES string of the molecule is COCCNC(=O)CN1CCNC[C@@H]1C. The van der Waals surface area contributed by atoms with Crippen LogP contribution >= 0.6 is 0 Å². The van der Waals surface area contributed by atoms with Gasteiger partial charge in [0.05, 0.1) is 13.2 Å². The van der Waals surface area contributed by atoms with E-state index in [0.717, 1.165) is 19.6 Å². The second-order valence-corrected chi connectivity index (χ2v) is 3.87. The van der Waals surface area contributed by atoms with Crippen LogP contribution in [0.5, 0.6) is 0 Å². The lowest BCUT2D eigenvalue weighted by Gasteiger charge is -2.33. The van der Waals surface area contributed by atoms with Crippen molar-refractivity contribution in [2.24, 2.45) is 0 Å². The molecule has 88 valence electrons. The predicted molar refractivity (Wildman–Crippen MR) is 58.8 cm³/mol. The van der Waals surface area contributed by atoms with Crippen LogP contribution < -0.4 is 10.6 Å². The first kappa shape index (κ1) is 12.4. The van der Waals surface area contributed by atoms with Crippen molar-refractivity contribution in [2.45, 2.75) is 13.0 Å². The summed E-state index contributed by atoms with van der Waals surface area (Å²) in [6, 6.07) is 0.437. The Labute approximate surface area is 91.2 Å². The molecule has 0 aromatic heterocycles. The van der Waals surface area contributed by atoms with Crippen molar-refractivity contribution < 1.29 is 9.53 Å². The highest BCUT2D eigenvalue weighted by atomic mass is 16.5. The number of nitrogens with one attached hydrogen (secondary N) is 2. The largest absolute Gasteiger partial charge is 0.383 e. The van der Waals surface area contributed by atoms with Crippen molar-refractivity contribution in [3.63, 3.8) is 0 Å². The van der Waals surface area contributed by atoms with Crippen molar-refractivity contribution in [1.29, 1.82) is 0 Å². The number of hydrogen-bond donors (Lipinski definition) is 2. The van der Waals surface area contributed by atoms with Crippen LogP contribution in [-0.4, -0.2) is 63.3 Å². The molecule has 5 heteroatoms. The van der Waals surface area contributed by atoms with Gasteiger partial charge < -0.3 is 15.4 Å². The number of amides is 1. The first-order chi connectivity index (χ1) is 7.24. The number of rotatable bonds is 5. The highest BCUT2D eigenvalue weighted by molar-refractivity contribution is 5.78. The quantitative estimate of drug-likeness (QED) is 0.580. The van der Waals surface area contributed by atoms with E-state index in [1.54, 1.807) is 7.11 Å². The molecular formula is C10H21N3O2. The lowest BCUT2D eigenvalue weighted by molar-refractivity contribution is -0.123. The van der Waals surface area contributed by atoms with Crippen LogP contribution in [0.3, 0.4) is 0 Å². The van der Waals surface area contributed by atoms with E-state index in [1.165, 1.54) is 0 Å². The van der Waals surface area contributed by atoms with Crippen LogP contribution in [0.25, 0.3) is 0 Å². The molecule has 1 heterocycles. The summed E-state index contributed by atoms with van der Waals surface area (Å²) in [4.78, 5) is 13.7. The van der Waals surface area contributed by atoms with E-state index in [0.29, 0.717) is 25.7 Å². The molecule has 0 spiro atoms. The van der Waals surface area contributed by atoms with Crippen molar-refractivity contribution in [1.82, 2.24) is 15.5 Å². The third kappa shape index (κ3) is 4.59. The highest BCUT2D eigenvalue weighted by Crippen LogP contribution is 2.00. The Morgan fingerprint density at radius 1 is 1.67 bits per heavy atom. The van der Waals surface area contributed by atoms with Crippen molar-refractivity contribution in [3.8, 4) is 0 Å². The average molecular weight is 215 g/mol. The van der Waals surface area contributed by atoms with Crippen molar-refractivity contribution >= 4 is 5.91 Å². The zero-order valence-electron chi connectivity index (χ0n) is 9.58. The minimum absolute atomic E-state index is 0.0841. The van der Waals surface area contributed by atoms with Gasteiger partial charge in [-0.3, -0.25) is 9.69 Å². The molecule has 0 aromatic carbocycles. The van der Waals surface area contributed by atoms with Gasteiger partial charge in [-0.1, -0.05) is 0 Å². The molecule has 1 fully saturated rings. The minimum Gasteiger partial charge on any atom is -0.383 e. The fraction of sp³-hybridized carbons (Fsp3) is 0.900. The van der Waals surface area contributed by atoms with E-state index in [9.17, 15) is 4.79 Å². The summed E-state index contributed by atoms with van der Waals surface area (Å²) in [5.74, 6) is 0.0841. The Balaban J connectivity index is 2.18. The fourth-order valence-electron chi connectivity index (χ4n) is 1.65. The molecule has 1 rings (SSSR count). The summed E-state index contributed by atoms with van der Waals surface area (Å²) < 4.78 is 4.87. The van der Waals surface area contributed by atoms with Gasteiger partial charge in [0.1, 0.15) is 0 Å². The molecule has 0 saturated carbocycles. The van der Waals surface area contributed by atoms with Crippen molar-refractivity contribution in [3.05, 3.63) is 0 Å². The summed E-state index contributed by atoms with van der Waals surface area (Å²) in [7, 11) is 1.63. The van der Waals surface area contributed by atoms with Crippen LogP contribution in [0.15, 0.2) is 0 Å². The number of carbonyl (C=O) groups is 1. The Hall–Kier alpha value is -0.650. The monoisotopic (exact) mass is 215 g/mol. The van der Waals surface area contributed by atoms with Gasteiger partial charge in [-0.05, 0) is 6.92 Å². The smallest absolute Gasteiger partial charge is 0.234 e. The minimum atomic E-state index is 0.0841. The first-order valence-electron chi connectivity index (χ1n) is 5.44. The highest BCUT2D eigenvalue weighted by Gasteiger charge is 2.19. The van der Waals surface area contributed by atoms with E-state index in [-0.39, 0.29) is 5.91 Å². The Morgan fingerprint density at radius 3 is 3.13 bits per heavy atom. The summed E-state index contributed by atoms with van der Waals surface area (Å²) in [5, 5.41) is 6.12. The van der Waals surface area contributed by atoms with Gasteiger partial charge in [0, 0.05) is 39.3 Å². The molecule has 0 aliphatic carbocycles. The number of piperazine rings is 1. The molecule has 0 unspecified atom stereocenters. The number of methoxy groups -OCH3 is 1. The summed E-state index contributed by atoms with van der Waals surface area (Å²) in [6.45, 7) is 6.67. The lowest BCUT2D eigenvalue weighted by Crippen LogP contribution is -2.52. The zero-order chi connectivity index (χ0) is 11.1. The zero-order valence-corrected chi connectivity index (χ0v) is 9.58. The molecule has 1 aliphatic rings. The van der Waals surface area contributed by atoms with Crippen molar-refractivity contribution in [2.75, 3.05) is 46.4 Å². The molecule has 5 nitrogen and oxygen atoms in total. The predicted octanol–water partition coefficient (Wildman–Crippen LogP) is -0.957. The van der Waals surface area contributed by atoms with E-state index >= 15 is 0 Å². The Bertz CT molecular complexity index is 199. The van der Waals surface area contributed by atoms with E-state index in [4.69, 9.17) is 4.74 Å². The van der Waals surface area contributed by atoms with Gasteiger partial charge >= 0.3 is 0 Å². The topological polar surface area (TPSA) is 53.6 Å². The van der Waals surface area contributed by atoms with Crippen LogP contribution in [0.1, 0.15) is 6.92 Å². The first-order valence-corrected chi connectivity index (χ1v) is 5.44. The maximum atomic E-state index is 11.5. The molecule has 1 aliphatic heterocycles. The molecule has 0 radical (unpaired) electrons. The van der Waals surface area contributed by atoms with Crippen LogP contribution in [-0.2, 0) is 9.53 Å². The summed E-state index contributed by atoms with van der Waals surface area (Å²) in [5.41, 5.74) is 0. The number of hydrogen-bond acceptors (Lipinski definition) is 4. The van der Waals surface area contributed by atoms with Gasteiger partial charge in [-0.2, -0.15) is 0 Å². The van der Waals surface area contributed by atoms with Gasteiger partial charge in [-0.15, -0.1) is 0 Å². The molecule has 1 atom stereocenters. The second kappa shape index (κ2) is 6.76. The molecule has 2 N–H and O–H groups in total. The lowest BCUT2D eigenvalue weighted by atomic mass is 10.2. The van der Waals surface area contributed by atoms with Gasteiger partial charge in [-0.25, -0.2) is 0 Å². The van der Waals surface area contributed by atoms with Gasteiger partial charge in [0.15, 0.2) is 0 Å². The third-order valence-corrected chi connectivity index (χ3v) is 2.61. The second-order valence-electron chi connectivity index (χ2n) is 3.87. The summed E-state index contributed by atoms with van der Waals surface area (Å²) >= 11 is 0. The normalized spacial score (nSPS) is 22.7. The number of nitrogens with zero attached hydrogens (tertiary/aromatic N) is 1. The van der Waals surface area contributed by atoms with Crippen LogP contribution in [0.2, 0.25) is 0 Å². The van der Waals surface area contributed by atoms with Gasteiger partial charge in [0.2, 0.25) is 5.91 Å². The molecule has 0 bridgehead atoms. The molecular weight excluding hydrogens is 194 g/mol. The Kier molecular flexibility index (Phi) is 5.60. The number of ether oxygens (including phenoxy) is 1. The van der Waals surface area contributed by atoms with Crippen LogP contribution in [0.4, 0.5) is 0 Å². The average Bonchev–Trinajstić information content (AvgIpc) is 2.22. The maximum Gasteiger partial charge on any atom is 0.234 e.